The van der Waals surface area contributed by atoms with Gasteiger partial charge in [0.05, 0.1) is 29.9 Å². The fraction of sp³-hybridized carbons (Fsp3) is 0.333. The van der Waals surface area contributed by atoms with Crippen molar-refractivity contribution in [2.24, 2.45) is 0 Å². The number of ether oxygens (including phenoxy) is 1. The van der Waals surface area contributed by atoms with Crippen LogP contribution in [-0.2, 0) is 9.53 Å². The van der Waals surface area contributed by atoms with Crippen molar-refractivity contribution in [2.45, 2.75) is 57.2 Å². The number of aromatic nitrogens is 7. The van der Waals surface area contributed by atoms with Crippen molar-refractivity contribution in [1.82, 2.24) is 40.1 Å². The van der Waals surface area contributed by atoms with Crippen LogP contribution in [0.3, 0.4) is 0 Å². The maximum absolute atomic E-state index is 13.6. The number of pyridine rings is 1. The molecule has 0 radical (unpaired) electrons. The Bertz CT molecular complexity index is 1830. The lowest BCUT2D eigenvalue weighted by Gasteiger charge is -2.38. The number of amides is 1. The summed E-state index contributed by atoms with van der Waals surface area (Å²) in [6, 6.07) is 12.2. The average Bonchev–Trinajstić information content (AvgIpc) is 3.66. The molecule has 1 saturated carbocycles. The monoisotopic (exact) mass is 621 g/mol. The number of carbonyl (C=O) groups excluding carboxylic acids is 1. The Labute approximate surface area is 258 Å². The smallest absolute Gasteiger partial charge is 0.275 e. The number of H-pyrrole nitrogens is 1. The van der Waals surface area contributed by atoms with Crippen LogP contribution in [0.4, 0.5) is 16.0 Å². The van der Waals surface area contributed by atoms with E-state index >= 15 is 0 Å². The van der Waals surface area contributed by atoms with Crippen LogP contribution < -0.4 is 16.2 Å². The molecule has 1 aliphatic carbocycles. The Morgan fingerprint density at radius 1 is 1.16 bits per heavy atom. The minimum Gasteiger partial charge on any atom is -0.368 e. The number of carbonyl (C=O) groups is 1. The summed E-state index contributed by atoms with van der Waals surface area (Å²) >= 11 is 0. The maximum atomic E-state index is 13.6. The van der Waals surface area contributed by atoms with Gasteiger partial charge in [-0.25, -0.2) is 18.7 Å². The van der Waals surface area contributed by atoms with Crippen molar-refractivity contribution in [1.29, 1.82) is 0 Å². The Morgan fingerprint density at radius 2 is 1.91 bits per heavy atom. The molecule has 4 heterocycles. The summed E-state index contributed by atoms with van der Waals surface area (Å²) in [7, 11) is 1.54. The quantitative estimate of drug-likeness (QED) is 0.226. The molecular formula is C30H33ClFN9O3. The molecule has 1 amide bonds. The first-order chi connectivity index (χ1) is 20.8. The summed E-state index contributed by atoms with van der Waals surface area (Å²) in [5.74, 6) is 0.929. The van der Waals surface area contributed by atoms with Gasteiger partial charge in [-0.2, -0.15) is 15.3 Å². The van der Waals surface area contributed by atoms with E-state index in [0.29, 0.717) is 53.9 Å². The van der Waals surface area contributed by atoms with Crippen molar-refractivity contribution in [3.05, 3.63) is 88.5 Å². The van der Waals surface area contributed by atoms with E-state index in [1.807, 2.05) is 44.2 Å². The molecule has 1 aliphatic rings. The zero-order valence-electron chi connectivity index (χ0n) is 24.5. The fourth-order valence-corrected chi connectivity index (χ4v) is 5.61. The number of anilines is 2. The van der Waals surface area contributed by atoms with Gasteiger partial charge in [0.2, 0.25) is 0 Å². The minimum atomic E-state index is -1.04. The second-order valence-corrected chi connectivity index (χ2v) is 10.9. The zero-order valence-corrected chi connectivity index (χ0v) is 25.3. The number of hydrogen-bond donors (Lipinski definition) is 3. The van der Waals surface area contributed by atoms with E-state index in [9.17, 15) is 14.0 Å². The van der Waals surface area contributed by atoms with Crippen LogP contribution in [0.15, 0.2) is 65.8 Å². The van der Waals surface area contributed by atoms with E-state index < -0.39 is 11.4 Å². The molecule has 1 atom stereocenters. The predicted molar refractivity (Wildman–Crippen MR) is 165 cm³/mol. The number of nitrogens with one attached hydrogen (secondary N) is 3. The molecule has 230 valence electrons. The average molecular weight is 622 g/mol. The lowest BCUT2D eigenvalue weighted by molar-refractivity contribution is -0.149. The molecule has 6 rings (SSSR count). The van der Waals surface area contributed by atoms with Crippen LogP contribution in [0.2, 0.25) is 0 Å². The van der Waals surface area contributed by atoms with E-state index in [1.165, 1.54) is 15.6 Å². The third kappa shape index (κ3) is 5.92. The lowest BCUT2D eigenvalue weighted by Crippen LogP contribution is -2.51. The SMILES string of the molecule is COC1(C(=O)N[C@@H](C)c2ccc(-n3cc(F)cn3)nc2)CCC(n2nc(Nc3cc(C)[nH]n3)c3ccccc3c2=O)CC1.Cl. The summed E-state index contributed by atoms with van der Waals surface area (Å²) in [6.45, 7) is 3.77. The van der Waals surface area contributed by atoms with Crippen LogP contribution in [0.25, 0.3) is 16.6 Å². The van der Waals surface area contributed by atoms with Crippen molar-refractivity contribution in [3.8, 4) is 5.82 Å². The van der Waals surface area contributed by atoms with E-state index in [4.69, 9.17) is 9.84 Å². The number of aryl methyl sites for hydroxylation is 1. The van der Waals surface area contributed by atoms with Gasteiger partial charge in [0.1, 0.15) is 5.60 Å². The largest absolute Gasteiger partial charge is 0.368 e. The number of nitrogens with zero attached hydrogens (tertiary/aromatic N) is 6. The normalized spacial score (nSPS) is 18.9. The molecule has 0 aliphatic heterocycles. The standard InChI is InChI=1S/C30H32FN9O3.ClH/c1-18-14-25(37-36-18)35-27-23-6-4-5-7-24(23)28(41)40(38-27)22-10-12-30(43-3,13-11-22)29(42)34-19(2)20-8-9-26(32-15-20)39-17-21(31)16-33-39;/h4-9,14-17,19,22H,10-13H2,1-3H3,(H,34,42)(H2,35,36,37,38);1H/t19-,22?,30?;/m0./s1. The van der Waals surface area contributed by atoms with Gasteiger partial charge in [-0.3, -0.25) is 14.7 Å². The molecular weight excluding hydrogens is 589 g/mol. The first-order valence-corrected chi connectivity index (χ1v) is 14.1. The molecule has 1 fully saturated rings. The molecule has 0 spiro atoms. The Balaban J connectivity index is 0.00000384. The van der Waals surface area contributed by atoms with Crippen LogP contribution in [0.1, 0.15) is 55.9 Å². The van der Waals surface area contributed by atoms with Gasteiger partial charge >= 0.3 is 0 Å². The number of halogens is 2. The Hall–Kier alpha value is -4.62. The Kier molecular flexibility index (Phi) is 8.79. The fourth-order valence-electron chi connectivity index (χ4n) is 5.61. The highest BCUT2D eigenvalue weighted by Gasteiger charge is 2.43. The van der Waals surface area contributed by atoms with E-state index in [1.54, 1.807) is 25.4 Å². The minimum absolute atomic E-state index is 0. The van der Waals surface area contributed by atoms with Gasteiger partial charge in [0.25, 0.3) is 11.5 Å². The molecule has 14 heteroatoms. The molecule has 12 nitrogen and oxygen atoms in total. The third-order valence-corrected chi connectivity index (χ3v) is 8.10. The van der Waals surface area contributed by atoms with Gasteiger partial charge in [0.15, 0.2) is 23.3 Å². The van der Waals surface area contributed by atoms with Crippen molar-refractivity contribution >= 4 is 40.7 Å². The predicted octanol–water partition coefficient (Wildman–Crippen LogP) is 4.69. The number of fused-ring (bicyclic) bond motifs is 1. The first kappa shape index (κ1) is 30.8. The second kappa shape index (κ2) is 12.5. The molecule has 44 heavy (non-hydrogen) atoms. The summed E-state index contributed by atoms with van der Waals surface area (Å²) in [5.41, 5.74) is 0.457. The van der Waals surface area contributed by atoms with Gasteiger partial charge in [0, 0.05) is 30.5 Å². The van der Waals surface area contributed by atoms with Crippen LogP contribution in [-0.4, -0.2) is 53.4 Å². The molecule has 5 aromatic rings. The summed E-state index contributed by atoms with van der Waals surface area (Å²) in [4.78, 5) is 31.4. The summed E-state index contributed by atoms with van der Waals surface area (Å²) < 4.78 is 22.0. The summed E-state index contributed by atoms with van der Waals surface area (Å²) in [5, 5.41) is 23.4. The molecule has 4 aromatic heterocycles. The van der Waals surface area contributed by atoms with Gasteiger partial charge in [-0.05, 0) is 57.2 Å². The molecule has 3 N–H and O–H groups in total. The topological polar surface area (TPSA) is 145 Å². The highest BCUT2D eigenvalue weighted by molar-refractivity contribution is 5.92. The highest BCUT2D eigenvalue weighted by atomic mass is 35.5. The maximum Gasteiger partial charge on any atom is 0.275 e. The first-order valence-electron chi connectivity index (χ1n) is 14.1. The van der Waals surface area contributed by atoms with Crippen LogP contribution >= 0.6 is 12.4 Å². The molecule has 0 unspecified atom stereocenters. The van der Waals surface area contributed by atoms with Crippen LogP contribution in [0.5, 0.6) is 0 Å². The molecule has 0 saturated heterocycles. The number of methoxy groups -OCH3 is 1. The van der Waals surface area contributed by atoms with Gasteiger partial charge < -0.3 is 15.4 Å². The number of benzene rings is 1. The van der Waals surface area contributed by atoms with Crippen molar-refractivity contribution in [3.63, 3.8) is 0 Å². The van der Waals surface area contributed by atoms with Crippen LogP contribution in [0, 0.1) is 12.7 Å². The van der Waals surface area contributed by atoms with Crippen molar-refractivity contribution in [2.75, 3.05) is 12.4 Å². The summed E-state index contributed by atoms with van der Waals surface area (Å²) in [6.07, 6.45) is 5.86. The zero-order chi connectivity index (χ0) is 30.1. The van der Waals surface area contributed by atoms with Gasteiger partial charge in [-0.1, -0.05) is 24.3 Å². The molecule has 0 bridgehead atoms. The number of aromatic amines is 1. The third-order valence-electron chi connectivity index (χ3n) is 8.10. The second-order valence-electron chi connectivity index (χ2n) is 10.9. The van der Waals surface area contributed by atoms with Crippen molar-refractivity contribution < 1.29 is 13.9 Å². The van der Waals surface area contributed by atoms with E-state index in [0.717, 1.165) is 17.5 Å². The number of hydrogen-bond acceptors (Lipinski definition) is 8. The Morgan fingerprint density at radius 3 is 2.52 bits per heavy atom. The number of rotatable bonds is 8. The molecule has 1 aromatic carbocycles. The lowest BCUT2D eigenvalue weighted by atomic mass is 9.81. The highest BCUT2D eigenvalue weighted by Crippen LogP contribution is 2.37. The van der Waals surface area contributed by atoms with E-state index in [-0.39, 0.29) is 36.0 Å². The van der Waals surface area contributed by atoms with E-state index in [2.05, 4.69) is 30.9 Å². The van der Waals surface area contributed by atoms with Gasteiger partial charge in [-0.15, -0.1) is 12.4 Å².